The van der Waals surface area contributed by atoms with E-state index in [1.165, 1.54) is 22.4 Å². The van der Waals surface area contributed by atoms with E-state index in [2.05, 4.69) is 15.2 Å². The highest BCUT2D eigenvalue weighted by molar-refractivity contribution is 7.98. The molecule has 1 saturated carbocycles. The lowest BCUT2D eigenvalue weighted by molar-refractivity contribution is 0.622. The number of rotatable bonds is 6. The first-order valence-corrected chi connectivity index (χ1v) is 10.8. The summed E-state index contributed by atoms with van der Waals surface area (Å²) in [7, 11) is 0. The molecule has 0 atom stereocenters. The van der Waals surface area contributed by atoms with E-state index in [1.807, 2.05) is 16.7 Å². The molecule has 31 heavy (non-hydrogen) atoms. The lowest BCUT2D eigenvalue weighted by Gasteiger charge is -2.12. The van der Waals surface area contributed by atoms with E-state index in [0.29, 0.717) is 39.0 Å². The summed E-state index contributed by atoms with van der Waals surface area (Å²) in [5.74, 6) is 0.994. The third kappa shape index (κ3) is 3.59. The van der Waals surface area contributed by atoms with Crippen molar-refractivity contribution in [1.29, 1.82) is 5.26 Å². The van der Waals surface area contributed by atoms with Crippen molar-refractivity contribution in [3.8, 4) is 17.5 Å². The second-order valence-electron chi connectivity index (χ2n) is 7.27. The van der Waals surface area contributed by atoms with Crippen LogP contribution in [-0.2, 0) is 12.3 Å². The van der Waals surface area contributed by atoms with Crippen LogP contribution in [0.1, 0.15) is 24.7 Å². The van der Waals surface area contributed by atoms with Gasteiger partial charge in [-0.2, -0.15) is 5.26 Å². The summed E-state index contributed by atoms with van der Waals surface area (Å²) in [5, 5.41) is 18.9. The maximum Gasteiger partial charge on any atom is 0.262 e. The molecule has 2 aromatic heterocycles. The monoisotopic (exact) mass is 432 g/mol. The Bertz CT molecular complexity index is 1390. The number of nitrogens with zero attached hydrogens (tertiary/aromatic N) is 6. The summed E-state index contributed by atoms with van der Waals surface area (Å²) in [4.78, 5) is 17.5. The highest BCUT2D eigenvalue weighted by Gasteiger charge is 2.31. The van der Waals surface area contributed by atoms with Gasteiger partial charge in [-0.1, -0.05) is 36.0 Å². The minimum atomic E-state index is -0.340. The SMILES string of the molecule is N#CCn1c(CSc2nnc(-c3ccccc3F)n2C2CC2)nc2ccccc2c1=O. The predicted molar refractivity (Wildman–Crippen MR) is 115 cm³/mol. The van der Waals surface area contributed by atoms with Crippen LogP contribution in [0.4, 0.5) is 4.39 Å². The Hall–Kier alpha value is -3.51. The fraction of sp³-hybridized carbons (Fsp3) is 0.227. The lowest BCUT2D eigenvalue weighted by atomic mass is 10.2. The lowest BCUT2D eigenvalue weighted by Crippen LogP contribution is -2.24. The molecule has 0 bridgehead atoms. The van der Waals surface area contributed by atoms with Gasteiger partial charge in [0.1, 0.15) is 18.2 Å². The molecule has 4 aromatic rings. The third-order valence-corrected chi connectivity index (χ3v) is 6.13. The molecule has 0 spiro atoms. The van der Waals surface area contributed by atoms with Crippen molar-refractivity contribution in [3.63, 3.8) is 0 Å². The van der Waals surface area contributed by atoms with Gasteiger partial charge in [-0.3, -0.25) is 13.9 Å². The van der Waals surface area contributed by atoms with Crippen LogP contribution in [0, 0.1) is 17.1 Å². The largest absolute Gasteiger partial charge is 0.299 e. The molecule has 1 aliphatic carbocycles. The van der Waals surface area contributed by atoms with Gasteiger partial charge in [-0.05, 0) is 37.1 Å². The van der Waals surface area contributed by atoms with Gasteiger partial charge in [-0.25, -0.2) is 9.37 Å². The van der Waals surface area contributed by atoms with Crippen LogP contribution in [0.3, 0.4) is 0 Å². The quantitative estimate of drug-likeness (QED) is 0.429. The second-order valence-corrected chi connectivity index (χ2v) is 8.21. The zero-order valence-corrected chi connectivity index (χ0v) is 17.2. The smallest absolute Gasteiger partial charge is 0.262 e. The van der Waals surface area contributed by atoms with Gasteiger partial charge in [-0.15, -0.1) is 10.2 Å². The van der Waals surface area contributed by atoms with Crippen molar-refractivity contribution >= 4 is 22.7 Å². The van der Waals surface area contributed by atoms with Crippen molar-refractivity contribution in [2.75, 3.05) is 0 Å². The summed E-state index contributed by atoms with van der Waals surface area (Å²) in [6.45, 7) is -0.0810. The Labute approximate surface area is 181 Å². The first kappa shape index (κ1) is 19.5. The number of aromatic nitrogens is 5. The van der Waals surface area contributed by atoms with E-state index >= 15 is 0 Å². The summed E-state index contributed by atoms with van der Waals surface area (Å²) >= 11 is 1.38. The molecule has 9 heteroatoms. The molecule has 0 amide bonds. The van der Waals surface area contributed by atoms with E-state index in [-0.39, 0.29) is 24.0 Å². The number of hydrogen-bond donors (Lipinski definition) is 0. The molecule has 0 saturated heterocycles. The van der Waals surface area contributed by atoms with Crippen LogP contribution in [0.25, 0.3) is 22.3 Å². The molecule has 1 fully saturated rings. The topological polar surface area (TPSA) is 89.4 Å². The first-order valence-electron chi connectivity index (χ1n) is 9.85. The maximum absolute atomic E-state index is 14.4. The number of thioether (sulfide) groups is 1. The predicted octanol–water partition coefficient (Wildman–Crippen LogP) is 3.94. The normalized spacial score (nSPS) is 13.4. The summed E-state index contributed by atoms with van der Waals surface area (Å²) in [6.07, 6.45) is 1.97. The van der Waals surface area contributed by atoms with Crippen LogP contribution in [0.5, 0.6) is 0 Å². The van der Waals surface area contributed by atoms with Crippen LogP contribution in [-0.4, -0.2) is 24.3 Å². The third-order valence-electron chi connectivity index (χ3n) is 5.19. The summed E-state index contributed by atoms with van der Waals surface area (Å²) < 4.78 is 17.7. The second kappa shape index (κ2) is 7.96. The average molecular weight is 432 g/mol. The molecule has 1 aliphatic rings. The molecule has 154 valence electrons. The molecule has 7 nitrogen and oxygen atoms in total. The van der Waals surface area contributed by atoms with Gasteiger partial charge in [0.05, 0.1) is 28.3 Å². The van der Waals surface area contributed by atoms with E-state index in [1.54, 1.807) is 36.4 Å². The Morgan fingerprint density at radius 2 is 1.90 bits per heavy atom. The molecule has 5 rings (SSSR count). The molecule has 0 unspecified atom stereocenters. The summed E-state index contributed by atoms with van der Waals surface area (Å²) in [6, 6.07) is 15.9. The molecule has 0 N–H and O–H groups in total. The van der Waals surface area contributed by atoms with E-state index in [0.717, 1.165) is 12.8 Å². The Morgan fingerprint density at radius 3 is 2.68 bits per heavy atom. The minimum absolute atomic E-state index is 0.0810. The van der Waals surface area contributed by atoms with Crippen LogP contribution < -0.4 is 5.56 Å². The zero-order chi connectivity index (χ0) is 21.4. The van der Waals surface area contributed by atoms with E-state index < -0.39 is 0 Å². The molecular formula is C22H17FN6OS. The number of hydrogen-bond acceptors (Lipinski definition) is 6. The molecule has 2 aromatic carbocycles. The molecule has 2 heterocycles. The standard InChI is InChI=1S/C22H17FN6OS/c23-17-7-3-1-5-15(17)20-26-27-22(29(20)14-9-10-14)31-13-19-25-18-8-4-2-6-16(18)21(30)28(19)12-11-24/h1-8,14H,9-10,12-13H2. The molecule has 0 radical (unpaired) electrons. The van der Waals surface area contributed by atoms with Crippen molar-refractivity contribution in [3.05, 3.63) is 70.5 Å². The maximum atomic E-state index is 14.4. The van der Waals surface area contributed by atoms with Gasteiger partial charge < -0.3 is 0 Å². The van der Waals surface area contributed by atoms with Crippen molar-refractivity contribution in [2.24, 2.45) is 0 Å². The van der Waals surface area contributed by atoms with E-state index in [4.69, 9.17) is 0 Å². The van der Waals surface area contributed by atoms with Crippen molar-refractivity contribution in [1.82, 2.24) is 24.3 Å². The molecular weight excluding hydrogens is 415 g/mol. The highest BCUT2D eigenvalue weighted by atomic mass is 32.2. The van der Waals surface area contributed by atoms with Crippen molar-refractivity contribution < 1.29 is 4.39 Å². The fourth-order valence-corrected chi connectivity index (χ4v) is 4.50. The van der Waals surface area contributed by atoms with Crippen LogP contribution in [0.2, 0.25) is 0 Å². The average Bonchev–Trinajstić information content (AvgIpc) is 3.54. The summed E-state index contributed by atoms with van der Waals surface area (Å²) in [5.41, 5.74) is 0.769. The van der Waals surface area contributed by atoms with Gasteiger partial charge >= 0.3 is 0 Å². The van der Waals surface area contributed by atoms with Crippen molar-refractivity contribution in [2.45, 2.75) is 36.3 Å². The Morgan fingerprint density at radius 1 is 1.13 bits per heavy atom. The number of benzene rings is 2. The number of nitriles is 1. The Balaban J connectivity index is 1.52. The first-order chi connectivity index (χ1) is 15.2. The number of para-hydroxylation sites is 1. The van der Waals surface area contributed by atoms with Gasteiger partial charge in [0.2, 0.25) is 0 Å². The number of halogens is 1. The highest BCUT2D eigenvalue weighted by Crippen LogP contribution is 2.41. The minimum Gasteiger partial charge on any atom is -0.299 e. The Kier molecular flexibility index (Phi) is 5.00. The van der Waals surface area contributed by atoms with Crippen LogP contribution in [0.15, 0.2) is 58.5 Å². The van der Waals surface area contributed by atoms with Gasteiger partial charge in [0.25, 0.3) is 5.56 Å². The van der Waals surface area contributed by atoms with Gasteiger partial charge in [0.15, 0.2) is 11.0 Å². The zero-order valence-electron chi connectivity index (χ0n) is 16.4. The van der Waals surface area contributed by atoms with E-state index in [9.17, 15) is 14.4 Å². The molecule has 0 aliphatic heterocycles. The fourth-order valence-electron chi connectivity index (χ4n) is 3.55. The van der Waals surface area contributed by atoms with Gasteiger partial charge in [0, 0.05) is 6.04 Å². The number of fused-ring (bicyclic) bond motifs is 1. The van der Waals surface area contributed by atoms with Crippen LogP contribution >= 0.6 is 11.8 Å².